The average molecular weight is 456 g/mol. The second kappa shape index (κ2) is 10.3. The zero-order valence-corrected chi connectivity index (χ0v) is 19.5. The van der Waals surface area contributed by atoms with Crippen LogP contribution < -0.4 is 10.6 Å². The topological polar surface area (TPSA) is 78.5 Å². The lowest BCUT2D eigenvalue weighted by Gasteiger charge is -2.33. The summed E-state index contributed by atoms with van der Waals surface area (Å²) in [5.41, 5.74) is 4.25. The van der Waals surface area contributed by atoms with E-state index in [1.54, 1.807) is 4.90 Å². The Kier molecular flexibility index (Phi) is 7.07. The van der Waals surface area contributed by atoms with Gasteiger partial charge in [0.15, 0.2) is 0 Å². The summed E-state index contributed by atoms with van der Waals surface area (Å²) in [6, 6.07) is 23.2. The lowest BCUT2D eigenvalue weighted by atomic mass is 10.0. The van der Waals surface area contributed by atoms with Crippen molar-refractivity contribution >= 4 is 23.4 Å². The summed E-state index contributed by atoms with van der Waals surface area (Å²) in [5.74, 6) is -0.702. The molecule has 3 amide bonds. The van der Waals surface area contributed by atoms with E-state index < -0.39 is 12.1 Å². The largest absolute Gasteiger partial charge is 0.344 e. The maximum Gasteiger partial charge on any atom is 0.251 e. The molecule has 1 heterocycles. The van der Waals surface area contributed by atoms with E-state index in [9.17, 15) is 14.4 Å². The van der Waals surface area contributed by atoms with Crippen molar-refractivity contribution in [1.29, 1.82) is 0 Å². The molecule has 1 saturated heterocycles. The molecule has 6 heteroatoms. The minimum Gasteiger partial charge on any atom is -0.344 e. The van der Waals surface area contributed by atoms with Gasteiger partial charge in [0.25, 0.3) is 5.91 Å². The standard InChI is InChI=1S/C28H29N3O3/c1-19-10-9-11-20(2)25(19)30-27(33)26(22-14-7-4-8-15-22)31(18-21-12-5-3-6-13-21)28(34)23-16-17-24(32)29-23/h3-15,23,26H,16-18H2,1-2H3,(H,29,32)(H,30,33)/t23-,26-/m0/s1. The SMILES string of the molecule is Cc1cccc(C)c1NC(=O)[C@H](c1ccccc1)N(Cc1ccccc1)C(=O)[C@@H]1CCC(=O)N1. The van der Waals surface area contributed by atoms with Gasteiger partial charge in [-0.2, -0.15) is 0 Å². The number of benzene rings is 3. The van der Waals surface area contributed by atoms with Gasteiger partial charge in [0, 0.05) is 18.7 Å². The van der Waals surface area contributed by atoms with Crippen LogP contribution >= 0.6 is 0 Å². The molecule has 0 spiro atoms. The van der Waals surface area contributed by atoms with E-state index >= 15 is 0 Å². The first kappa shape index (κ1) is 23.2. The summed E-state index contributed by atoms with van der Waals surface area (Å²) >= 11 is 0. The highest BCUT2D eigenvalue weighted by atomic mass is 16.2. The van der Waals surface area contributed by atoms with E-state index in [1.807, 2.05) is 92.7 Å². The van der Waals surface area contributed by atoms with Crippen molar-refractivity contribution in [3.8, 4) is 0 Å². The van der Waals surface area contributed by atoms with Crippen LogP contribution in [-0.4, -0.2) is 28.7 Å². The second-order valence-corrected chi connectivity index (χ2v) is 8.68. The fraction of sp³-hybridized carbons (Fsp3) is 0.250. The van der Waals surface area contributed by atoms with Crippen molar-refractivity contribution in [2.24, 2.45) is 0 Å². The number of carbonyl (C=O) groups excluding carboxylic acids is 3. The Labute approximate surface area is 200 Å². The normalized spacial score (nSPS) is 15.9. The van der Waals surface area contributed by atoms with Gasteiger partial charge < -0.3 is 15.5 Å². The zero-order valence-electron chi connectivity index (χ0n) is 19.5. The van der Waals surface area contributed by atoms with Crippen molar-refractivity contribution in [3.63, 3.8) is 0 Å². The molecule has 0 aliphatic carbocycles. The molecular weight excluding hydrogens is 426 g/mol. The zero-order chi connectivity index (χ0) is 24.1. The molecule has 2 N–H and O–H groups in total. The predicted octanol–water partition coefficient (Wildman–Crippen LogP) is 4.29. The van der Waals surface area contributed by atoms with Crippen LogP contribution in [0.5, 0.6) is 0 Å². The molecule has 0 unspecified atom stereocenters. The van der Waals surface area contributed by atoms with E-state index in [0.717, 1.165) is 22.4 Å². The average Bonchev–Trinajstić information content (AvgIpc) is 3.28. The molecule has 6 nitrogen and oxygen atoms in total. The number of nitrogens with one attached hydrogen (secondary N) is 2. The Bertz CT molecular complexity index is 1160. The molecule has 0 bridgehead atoms. The molecule has 3 aromatic carbocycles. The molecule has 2 atom stereocenters. The third-order valence-corrected chi connectivity index (χ3v) is 6.18. The third kappa shape index (κ3) is 5.17. The highest BCUT2D eigenvalue weighted by Crippen LogP contribution is 2.29. The summed E-state index contributed by atoms with van der Waals surface area (Å²) in [4.78, 5) is 41.0. The lowest BCUT2D eigenvalue weighted by molar-refractivity contribution is -0.141. The summed E-state index contributed by atoms with van der Waals surface area (Å²) in [5, 5.41) is 5.85. The number of para-hydroxylation sites is 1. The first-order valence-electron chi connectivity index (χ1n) is 11.5. The van der Waals surface area contributed by atoms with Crippen LogP contribution in [0.2, 0.25) is 0 Å². The highest BCUT2D eigenvalue weighted by Gasteiger charge is 2.37. The maximum absolute atomic E-state index is 13.8. The third-order valence-electron chi connectivity index (χ3n) is 6.18. The molecular formula is C28H29N3O3. The number of hydrogen-bond donors (Lipinski definition) is 2. The fourth-order valence-corrected chi connectivity index (χ4v) is 4.39. The van der Waals surface area contributed by atoms with Crippen molar-refractivity contribution in [2.75, 3.05) is 5.32 Å². The summed E-state index contributed by atoms with van der Waals surface area (Å²) < 4.78 is 0. The number of carbonyl (C=O) groups is 3. The molecule has 34 heavy (non-hydrogen) atoms. The smallest absolute Gasteiger partial charge is 0.251 e. The van der Waals surface area contributed by atoms with E-state index in [2.05, 4.69) is 10.6 Å². The Balaban J connectivity index is 1.75. The van der Waals surface area contributed by atoms with Gasteiger partial charge in [0.2, 0.25) is 11.8 Å². The Hall–Kier alpha value is -3.93. The molecule has 1 aliphatic rings. The molecule has 0 aromatic heterocycles. The van der Waals surface area contributed by atoms with Crippen LogP contribution in [0.1, 0.15) is 41.1 Å². The van der Waals surface area contributed by atoms with Gasteiger partial charge in [-0.3, -0.25) is 14.4 Å². The summed E-state index contributed by atoms with van der Waals surface area (Å²) in [6.45, 7) is 4.13. The summed E-state index contributed by atoms with van der Waals surface area (Å²) in [6.07, 6.45) is 0.725. The highest BCUT2D eigenvalue weighted by molar-refractivity contribution is 6.00. The number of rotatable bonds is 7. The number of nitrogens with zero attached hydrogens (tertiary/aromatic N) is 1. The molecule has 4 rings (SSSR count). The van der Waals surface area contributed by atoms with Gasteiger partial charge in [-0.15, -0.1) is 0 Å². The Morgan fingerprint density at radius 2 is 1.56 bits per heavy atom. The summed E-state index contributed by atoms with van der Waals surface area (Å²) in [7, 11) is 0. The lowest BCUT2D eigenvalue weighted by Crippen LogP contribution is -2.48. The van der Waals surface area contributed by atoms with Gasteiger partial charge in [-0.05, 0) is 42.5 Å². The predicted molar refractivity (Wildman–Crippen MR) is 132 cm³/mol. The van der Waals surface area contributed by atoms with Crippen LogP contribution in [0.3, 0.4) is 0 Å². The van der Waals surface area contributed by atoms with Gasteiger partial charge in [0.1, 0.15) is 12.1 Å². The molecule has 1 aliphatic heterocycles. The van der Waals surface area contributed by atoms with E-state index in [-0.39, 0.29) is 24.3 Å². The van der Waals surface area contributed by atoms with Crippen molar-refractivity contribution in [3.05, 3.63) is 101 Å². The van der Waals surface area contributed by atoms with Crippen molar-refractivity contribution in [1.82, 2.24) is 10.2 Å². The first-order valence-corrected chi connectivity index (χ1v) is 11.5. The molecule has 174 valence electrons. The Morgan fingerprint density at radius 3 is 2.15 bits per heavy atom. The van der Waals surface area contributed by atoms with E-state index in [4.69, 9.17) is 0 Å². The monoisotopic (exact) mass is 455 g/mol. The second-order valence-electron chi connectivity index (χ2n) is 8.68. The van der Waals surface area contributed by atoms with Gasteiger partial charge in [0.05, 0.1) is 0 Å². The van der Waals surface area contributed by atoms with Crippen molar-refractivity contribution < 1.29 is 14.4 Å². The van der Waals surface area contributed by atoms with Crippen LogP contribution in [0.15, 0.2) is 78.9 Å². The fourth-order valence-electron chi connectivity index (χ4n) is 4.39. The van der Waals surface area contributed by atoms with Crippen LogP contribution in [0.4, 0.5) is 5.69 Å². The Morgan fingerprint density at radius 1 is 0.941 bits per heavy atom. The number of hydrogen-bond acceptors (Lipinski definition) is 3. The number of anilines is 1. The van der Waals surface area contributed by atoms with Crippen LogP contribution in [-0.2, 0) is 20.9 Å². The first-order chi connectivity index (χ1) is 16.4. The van der Waals surface area contributed by atoms with E-state index in [0.29, 0.717) is 18.4 Å². The minimum absolute atomic E-state index is 0.144. The molecule has 0 radical (unpaired) electrons. The van der Waals surface area contributed by atoms with Crippen LogP contribution in [0, 0.1) is 13.8 Å². The minimum atomic E-state index is -0.870. The van der Waals surface area contributed by atoms with Gasteiger partial charge in [-0.25, -0.2) is 0 Å². The van der Waals surface area contributed by atoms with Gasteiger partial charge >= 0.3 is 0 Å². The van der Waals surface area contributed by atoms with Gasteiger partial charge in [-0.1, -0.05) is 78.9 Å². The number of amides is 3. The molecule has 0 saturated carbocycles. The van der Waals surface area contributed by atoms with Crippen molar-refractivity contribution in [2.45, 2.75) is 45.3 Å². The number of aryl methyl sites for hydroxylation is 2. The van der Waals surface area contributed by atoms with E-state index in [1.165, 1.54) is 0 Å². The maximum atomic E-state index is 13.8. The molecule has 3 aromatic rings. The molecule has 1 fully saturated rings. The quantitative estimate of drug-likeness (QED) is 0.558. The van der Waals surface area contributed by atoms with Crippen LogP contribution in [0.25, 0.3) is 0 Å².